The second kappa shape index (κ2) is 7.27. The van der Waals surface area contributed by atoms with Crippen LogP contribution in [0.2, 0.25) is 5.02 Å². The Balaban J connectivity index is 2.12. The van der Waals surface area contributed by atoms with Crippen molar-refractivity contribution in [2.75, 3.05) is 19.7 Å². The van der Waals surface area contributed by atoms with Crippen molar-refractivity contribution < 1.29 is 14.3 Å². The third-order valence-electron chi connectivity index (χ3n) is 3.49. The Kier molecular flexibility index (Phi) is 5.65. The van der Waals surface area contributed by atoms with Crippen LogP contribution < -0.4 is 0 Å². The number of halogens is 2. The lowest BCUT2D eigenvalue weighted by molar-refractivity contribution is -0.149. The summed E-state index contributed by atoms with van der Waals surface area (Å²) in [5, 5.41) is 0.514. The number of carbonyl (C=O) groups is 2. The van der Waals surface area contributed by atoms with E-state index < -0.39 is 0 Å². The number of nitrogens with zero attached hydrogens (tertiary/aromatic N) is 1. The van der Waals surface area contributed by atoms with Gasteiger partial charge in [0.15, 0.2) is 0 Å². The number of hydrogen-bond acceptors (Lipinski definition) is 3. The molecule has 0 bridgehead atoms. The van der Waals surface area contributed by atoms with Crippen LogP contribution in [0.3, 0.4) is 0 Å². The summed E-state index contributed by atoms with van der Waals surface area (Å²) in [5.41, 5.74) is 0.520. The van der Waals surface area contributed by atoms with Gasteiger partial charge in [-0.25, -0.2) is 0 Å². The first-order valence-corrected chi connectivity index (χ1v) is 8.11. The van der Waals surface area contributed by atoms with Gasteiger partial charge >= 0.3 is 5.97 Å². The van der Waals surface area contributed by atoms with Crippen molar-refractivity contribution in [3.8, 4) is 0 Å². The number of hydrogen-bond donors (Lipinski definition) is 0. The summed E-state index contributed by atoms with van der Waals surface area (Å²) in [4.78, 5) is 26.1. The van der Waals surface area contributed by atoms with Gasteiger partial charge in [-0.2, -0.15) is 0 Å². The third kappa shape index (κ3) is 3.98. The number of ether oxygens (including phenoxy) is 1. The van der Waals surface area contributed by atoms with Crippen molar-refractivity contribution in [2.24, 2.45) is 5.92 Å². The van der Waals surface area contributed by atoms with Gasteiger partial charge in [-0.05, 0) is 53.9 Å². The zero-order valence-electron chi connectivity index (χ0n) is 11.8. The maximum atomic E-state index is 12.6. The molecule has 1 atom stereocenters. The maximum Gasteiger partial charge on any atom is 0.310 e. The third-order valence-corrected chi connectivity index (χ3v) is 4.41. The minimum absolute atomic E-state index is 0.113. The Morgan fingerprint density at radius 2 is 2.24 bits per heavy atom. The fraction of sp³-hybridized carbons (Fsp3) is 0.467. The summed E-state index contributed by atoms with van der Waals surface area (Å²) in [6, 6.07) is 5.12. The Morgan fingerprint density at radius 3 is 2.95 bits per heavy atom. The standard InChI is InChI=1S/C15H17BrClNO3/c1-2-21-15(20)10-4-3-7-18(9-10)14(19)12-8-11(17)5-6-13(12)16/h5-6,8,10H,2-4,7,9H2,1H3/t10-/m0/s1. The lowest BCUT2D eigenvalue weighted by atomic mass is 9.97. The number of amides is 1. The summed E-state index contributed by atoms with van der Waals surface area (Å²) in [6.45, 7) is 3.19. The van der Waals surface area contributed by atoms with Crippen molar-refractivity contribution in [1.82, 2.24) is 4.90 Å². The SMILES string of the molecule is CCOC(=O)[C@H]1CCCN(C(=O)c2cc(Cl)ccc2Br)C1. The molecule has 1 heterocycles. The van der Waals surface area contributed by atoms with Crippen LogP contribution in [0.15, 0.2) is 22.7 Å². The molecule has 1 amide bonds. The topological polar surface area (TPSA) is 46.6 Å². The van der Waals surface area contributed by atoms with Crippen LogP contribution in [0, 0.1) is 5.92 Å². The molecule has 114 valence electrons. The summed E-state index contributed by atoms with van der Waals surface area (Å²) in [6.07, 6.45) is 1.56. The van der Waals surface area contributed by atoms with Crippen molar-refractivity contribution in [1.29, 1.82) is 0 Å². The Labute approximate surface area is 137 Å². The van der Waals surface area contributed by atoms with Gasteiger partial charge in [0.1, 0.15) is 0 Å². The average molecular weight is 375 g/mol. The maximum absolute atomic E-state index is 12.6. The Bertz CT molecular complexity index is 550. The molecule has 2 rings (SSSR count). The van der Waals surface area contributed by atoms with Crippen molar-refractivity contribution in [3.05, 3.63) is 33.3 Å². The first kappa shape index (κ1) is 16.3. The predicted octanol–water partition coefficient (Wildman–Crippen LogP) is 3.52. The average Bonchev–Trinajstić information content (AvgIpc) is 2.49. The molecule has 0 radical (unpaired) electrons. The van der Waals surface area contributed by atoms with Crippen molar-refractivity contribution in [2.45, 2.75) is 19.8 Å². The number of carbonyl (C=O) groups excluding carboxylic acids is 2. The zero-order valence-corrected chi connectivity index (χ0v) is 14.1. The summed E-state index contributed by atoms with van der Waals surface area (Å²) < 4.78 is 5.75. The van der Waals surface area contributed by atoms with Gasteiger partial charge in [-0.3, -0.25) is 9.59 Å². The molecular formula is C15H17BrClNO3. The number of rotatable bonds is 3. The lowest BCUT2D eigenvalue weighted by Gasteiger charge is -2.31. The number of benzene rings is 1. The van der Waals surface area contributed by atoms with Crippen LogP contribution in [0.4, 0.5) is 0 Å². The first-order valence-electron chi connectivity index (χ1n) is 6.94. The highest BCUT2D eigenvalue weighted by atomic mass is 79.9. The monoisotopic (exact) mass is 373 g/mol. The van der Waals surface area contributed by atoms with E-state index in [0.29, 0.717) is 34.8 Å². The highest BCUT2D eigenvalue weighted by Gasteiger charge is 2.30. The molecule has 1 fully saturated rings. The molecular weight excluding hydrogens is 358 g/mol. The van der Waals surface area contributed by atoms with Gasteiger partial charge in [0.05, 0.1) is 18.1 Å². The molecule has 0 N–H and O–H groups in total. The van der Waals surface area contributed by atoms with Gasteiger partial charge < -0.3 is 9.64 Å². The van der Waals surface area contributed by atoms with Crippen LogP contribution in [0.25, 0.3) is 0 Å². The lowest BCUT2D eigenvalue weighted by Crippen LogP contribution is -2.42. The molecule has 0 aromatic heterocycles. The number of likely N-dealkylation sites (tertiary alicyclic amines) is 1. The molecule has 1 saturated heterocycles. The normalized spacial score (nSPS) is 18.4. The molecule has 1 aromatic rings. The predicted molar refractivity (Wildman–Crippen MR) is 84.4 cm³/mol. The van der Waals surface area contributed by atoms with E-state index in [4.69, 9.17) is 16.3 Å². The number of piperidine rings is 1. The second-order valence-corrected chi connectivity index (χ2v) is 6.26. The molecule has 1 aliphatic rings. The van der Waals surface area contributed by atoms with E-state index in [9.17, 15) is 9.59 Å². The van der Waals surface area contributed by atoms with Crippen LogP contribution in [-0.4, -0.2) is 36.5 Å². The molecule has 0 saturated carbocycles. The van der Waals surface area contributed by atoms with Crippen LogP contribution in [0.5, 0.6) is 0 Å². The van der Waals surface area contributed by atoms with E-state index in [-0.39, 0.29) is 17.8 Å². The van der Waals surface area contributed by atoms with Gasteiger partial charge in [-0.15, -0.1) is 0 Å². The molecule has 6 heteroatoms. The van der Waals surface area contributed by atoms with Crippen molar-refractivity contribution >= 4 is 39.4 Å². The van der Waals surface area contributed by atoms with E-state index in [2.05, 4.69) is 15.9 Å². The molecule has 4 nitrogen and oxygen atoms in total. The van der Waals surface area contributed by atoms with Gasteiger partial charge in [-0.1, -0.05) is 11.6 Å². The number of esters is 1. The van der Waals surface area contributed by atoms with Crippen LogP contribution in [-0.2, 0) is 9.53 Å². The fourth-order valence-electron chi connectivity index (χ4n) is 2.45. The molecule has 0 spiro atoms. The molecule has 1 aliphatic heterocycles. The highest BCUT2D eigenvalue weighted by Crippen LogP contribution is 2.25. The van der Waals surface area contributed by atoms with Gasteiger partial charge in [0, 0.05) is 22.6 Å². The molecule has 0 aliphatic carbocycles. The van der Waals surface area contributed by atoms with E-state index in [1.807, 2.05) is 0 Å². The minimum Gasteiger partial charge on any atom is -0.466 e. The van der Waals surface area contributed by atoms with Gasteiger partial charge in [0.25, 0.3) is 5.91 Å². The van der Waals surface area contributed by atoms with Gasteiger partial charge in [0.2, 0.25) is 0 Å². The minimum atomic E-state index is -0.236. The van der Waals surface area contributed by atoms with Crippen LogP contribution >= 0.6 is 27.5 Å². The van der Waals surface area contributed by atoms with E-state index in [1.165, 1.54) is 0 Å². The largest absolute Gasteiger partial charge is 0.466 e. The first-order chi connectivity index (χ1) is 10.0. The second-order valence-electron chi connectivity index (χ2n) is 4.97. The molecule has 0 unspecified atom stereocenters. The molecule has 1 aromatic carbocycles. The highest BCUT2D eigenvalue weighted by molar-refractivity contribution is 9.10. The van der Waals surface area contributed by atoms with E-state index in [1.54, 1.807) is 30.0 Å². The van der Waals surface area contributed by atoms with E-state index in [0.717, 1.165) is 12.8 Å². The zero-order chi connectivity index (χ0) is 15.4. The quantitative estimate of drug-likeness (QED) is 0.761. The fourth-order valence-corrected chi connectivity index (χ4v) is 3.03. The Morgan fingerprint density at radius 1 is 1.48 bits per heavy atom. The van der Waals surface area contributed by atoms with Crippen LogP contribution in [0.1, 0.15) is 30.1 Å². The smallest absolute Gasteiger partial charge is 0.310 e. The van der Waals surface area contributed by atoms with E-state index >= 15 is 0 Å². The molecule has 21 heavy (non-hydrogen) atoms. The summed E-state index contributed by atoms with van der Waals surface area (Å²) in [5.74, 6) is -0.570. The summed E-state index contributed by atoms with van der Waals surface area (Å²) in [7, 11) is 0. The summed E-state index contributed by atoms with van der Waals surface area (Å²) >= 11 is 9.32. The Hall–Kier alpha value is -1.07. The van der Waals surface area contributed by atoms with Crippen molar-refractivity contribution in [3.63, 3.8) is 0 Å².